The minimum absolute atomic E-state index is 0.0217. The third kappa shape index (κ3) is 5.81. The lowest BCUT2D eigenvalue weighted by Crippen LogP contribution is -2.42. The van der Waals surface area contributed by atoms with Crippen molar-refractivity contribution in [1.82, 2.24) is 4.90 Å². The topological polar surface area (TPSA) is 65.1 Å². The van der Waals surface area contributed by atoms with Crippen LogP contribution in [0.5, 0.6) is 11.5 Å². The molecule has 0 radical (unpaired) electrons. The average Bonchev–Trinajstić information content (AvgIpc) is 2.59. The van der Waals surface area contributed by atoms with Gasteiger partial charge in [0.2, 0.25) is 0 Å². The Morgan fingerprint density at radius 3 is 2.39 bits per heavy atom. The molecule has 6 heteroatoms. The van der Waals surface area contributed by atoms with Crippen molar-refractivity contribution in [1.29, 1.82) is 0 Å². The molecule has 0 fully saturated rings. The van der Waals surface area contributed by atoms with E-state index in [0.29, 0.717) is 18.0 Å². The number of hydrogen-bond acceptors (Lipinski definition) is 5. The van der Waals surface area contributed by atoms with Crippen molar-refractivity contribution < 1.29 is 23.8 Å². The SMILES string of the molecule is CCC(C)N(CCC(=O)OC)C(=O)COc1ccccc1OC. The zero-order valence-corrected chi connectivity index (χ0v) is 14.2. The normalized spacial score (nSPS) is 11.5. The van der Waals surface area contributed by atoms with Crippen molar-refractivity contribution in [3.05, 3.63) is 24.3 Å². The number of amides is 1. The largest absolute Gasteiger partial charge is 0.493 e. The monoisotopic (exact) mass is 323 g/mol. The van der Waals surface area contributed by atoms with Gasteiger partial charge in [-0.3, -0.25) is 9.59 Å². The molecule has 1 amide bonds. The summed E-state index contributed by atoms with van der Waals surface area (Å²) in [5.74, 6) is 0.580. The molecule has 23 heavy (non-hydrogen) atoms. The Hall–Kier alpha value is -2.24. The van der Waals surface area contributed by atoms with E-state index < -0.39 is 0 Å². The van der Waals surface area contributed by atoms with E-state index in [2.05, 4.69) is 4.74 Å². The van der Waals surface area contributed by atoms with Crippen LogP contribution in [0.25, 0.3) is 0 Å². The summed E-state index contributed by atoms with van der Waals surface area (Å²) in [6.07, 6.45) is 0.961. The van der Waals surface area contributed by atoms with Gasteiger partial charge in [-0.2, -0.15) is 0 Å². The Balaban J connectivity index is 2.67. The number of para-hydroxylation sites is 2. The van der Waals surface area contributed by atoms with Crippen LogP contribution in [-0.4, -0.2) is 50.2 Å². The van der Waals surface area contributed by atoms with Gasteiger partial charge in [0.1, 0.15) is 0 Å². The Morgan fingerprint density at radius 2 is 1.83 bits per heavy atom. The van der Waals surface area contributed by atoms with E-state index >= 15 is 0 Å². The van der Waals surface area contributed by atoms with Crippen molar-refractivity contribution in [3.63, 3.8) is 0 Å². The number of carbonyl (C=O) groups excluding carboxylic acids is 2. The molecule has 0 aliphatic heterocycles. The second-order valence-electron chi connectivity index (χ2n) is 5.11. The molecular formula is C17H25NO5. The summed E-state index contributed by atoms with van der Waals surface area (Å²) in [6.45, 7) is 4.14. The van der Waals surface area contributed by atoms with Crippen LogP contribution in [0, 0.1) is 0 Å². The Kier molecular flexibility index (Phi) is 7.94. The third-order valence-electron chi connectivity index (χ3n) is 3.65. The fraction of sp³-hybridized carbons (Fsp3) is 0.529. The lowest BCUT2D eigenvalue weighted by atomic mass is 10.2. The molecule has 0 spiro atoms. The summed E-state index contributed by atoms with van der Waals surface area (Å²) in [4.78, 5) is 25.4. The van der Waals surface area contributed by atoms with Crippen molar-refractivity contribution in [2.75, 3.05) is 27.4 Å². The zero-order valence-electron chi connectivity index (χ0n) is 14.2. The summed E-state index contributed by atoms with van der Waals surface area (Å²) in [7, 11) is 2.88. The minimum Gasteiger partial charge on any atom is -0.493 e. The van der Waals surface area contributed by atoms with Crippen molar-refractivity contribution in [3.8, 4) is 11.5 Å². The smallest absolute Gasteiger partial charge is 0.307 e. The molecule has 1 aromatic rings. The summed E-state index contributed by atoms with van der Waals surface area (Å²) < 4.78 is 15.4. The number of esters is 1. The first-order valence-corrected chi connectivity index (χ1v) is 7.65. The van der Waals surface area contributed by atoms with Gasteiger partial charge < -0.3 is 19.1 Å². The molecular weight excluding hydrogens is 298 g/mol. The predicted octanol–water partition coefficient (Wildman–Crippen LogP) is 2.26. The van der Waals surface area contributed by atoms with Crippen LogP contribution >= 0.6 is 0 Å². The molecule has 0 heterocycles. The van der Waals surface area contributed by atoms with Gasteiger partial charge >= 0.3 is 5.97 Å². The Labute approximate surface area is 137 Å². The van der Waals surface area contributed by atoms with Crippen LogP contribution in [0.15, 0.2) is 24.3 Å². The number of nitrogens with zero attached hydrogens (tertiary/aromatic N) is 1. The first-order chi connectivity index (χ1) is 11.0. The molecule has 1 atom stereocenters. The van der Waals surface area contributed by atoms with Crippen LogP contribution < -0.4 is 9.47 Å². The van der Waals surface area contributed by atoms with Crippen molar-refractivity contribution in [2.24, 2.45) is 0 Å². The molecule has 0 saturated carbocycles. The fourth-order valence-corrected chi connectivity index (χ4v) is 2.09. The standard InChI is InChI=1S/C17H25NO5/c1-5-13(2)18(11-10-17(20)22-4)16(19)12-23-15-9-7-6-8-14(15)21-3/h6-9,13H,5,10-12H2,1-4H3. The van der Waals surface area contributed by atoms with E-state index in [1.54, 1.807) is 24.1 Å². The second-order valence-corrected chi connectivity index (χ2v) is 5.11. The number of ether oxygens (including phenoxy) is 3. The number of carbonyl (C=O) groups is 2. The average molecular weight is 323 g/mol. The summed E-state index contributed by atoms with van der Waals surface area (Å²) in [5.41, 5.74) is 0. The van der Waals surface area contributed by atoms with E-state index in [-0.39, 0.29) is 30.9 Å². The van der Waals surface area contributed by atoms with Crippen LogP contribution in [0.2, 0.25) is 0 Å². The van der Waals surface area contributed by atoms with Gasteiger partial charge in [0.25, 0.3) is 5.91 Å². The van der Waals surface area contributed by atoms with Crippen molar-refractivity contribution in [2.45, 2.75) is 32.7 Å². The second kappa shape index (κ2) is 9.71. The molecule has 0 aliphatic carbocycles. The van der Waals surface area contributed by atoms with Crippen LogP contribution in [0.3, 0.4) is 0 Å². The minimum atomic E-state index is -0.336. The Morgan fingerprint density at radius 1 is 1.17 bits per heavy atom. The molecule has 1 rings (SSSR count). The van der Waals surface area contributed by atoms with Gasteiger partial charge in [0, 0.05) is 12.6 Å². The fourth-order valence-electron chi connectivity index (χ4n) is 2.09. The van der Waals surface area contributed by atoms with Gasteiger partial charge in [-0.05, 0) is 25.5 Å². The maximum Gasteiger partial charge on any atom is 0.307 e. The first kappa shape index (κ1) is 18.8. The number of methoxy groups -OCH3 is 2. The molecule has 0 N–H and O–H groups in total. The molecule has 0 saturated heterocycles. The first-order valence-electron chi connectivity index (χ1n) is 7.65. The van der Waals surface area contributed by atoms with Crippen molar-refractivity contribution >= 4 is 11.9 Å². The lowest BCUT2D eigenvalue weighted by molar-refractivity contribution is -0.142. The van der Waals surface area contributed by atoms with Gasteiger partial charge in [0.05, 0.1) is 20.6 Å². The number of benzene rings is 1. The van der Waals surface area contributed by atoms with E-state index in [4.69, 9.17) is 9.47 Å². The predicted molar refractivity (Wildman–Crippen MR) is 86.6 cm³/mol. The maximum atomic E-state index is 12.4. The number of hydrogen-bond donors (Lipinski definition) is 0. The van der Waals surface area contributed by atoms with Gasteiger partial charge in [-0.15, -0.1) is 0 Å². The highest BCUT2D eigenvalue weighted by Gasteiger charge is 2.21. The summed E-state index contributed by atoms with van der Waals surface area (Å²) >= 11 is 0. The molecule has 128 valence electrons. The zero-order chi connectivity index (χ0) is 17.2. The van der Waals surface area contributed by atoms with E-state index in [0.717, 1.165) is 6.42 Å². The van der Waals surface area contributed by atoms with Gasteiger partial charge in [-0.25, -0.2) is 0 Å². The molecule has 0 aromatic heterocycles. The molecule has 1 unspecified atom stereocenters. The van der Waals surface area contributed by atoms with Gasteiger partial charge in [-0.1, -0.05) is 19.1 Å². The van der Waals surface area contributed by atoms with E-state index in [1.807, 2.05) is 26.0 Å². The maximum absolute atomic E-state index is 12.4. The quantitative estimate of drug-likeness (QED) is 0.652. The number of rotatable bonds is 9. The highest BCUT2D eigenvalue weighted by Crippen LogP contribution is 2.25. The van der Waals surface area contributed by atoms with E-state index in [1.165, 1.54) is 7.11 Å². The lowest BCUT2D eigenvalue weighted by Gasteiger charge is -2.28. The molecule has 0 aliphatic rings. The third-order valence-corrected chi connectivity index (χ3v) is 3.65. The van der Waals surface area contributed by atoms with Crippen LogP contribution in [0.4, 0.5) is 0 Å². The van der Waals surface area contributed by atoms with E-state index in [9.17, 15) is 9.59 Å². The Bertz CT molecular complexity index is 517. The molecule has 6 nitrogen and oxygen atoms in total. The summed E-state index contributed by atoms with van der Waals surface area (Å²) in [5, 5.41) is 0. The van der Waals surface area contributed by atoms with Gasteiger partial charge in [0.15, 0.2) is 18.1 Å². The molecule has 1 aromatic carbocycles. The summed E-state index contributed by atoms with van der Waals surface area (Å²) in [6, 6.07) is 7.17. The highest BCUT2D eigenvalue weighted by molar-refractivity contribution is 5.79. The molecule has 0 bridgehead atoms. The highest BCUT2D eigenvalue weighted by atomic mass is 16.5. The van der Waals surface area contributed by atoms with Crippen LogP contribution in [-0.2, 0) is 14.3 Å². The van der Waals surface area contributed by atoms with Crippen LogP contribution in [0.1, 0.15) is 26.7 Å².